The van der Waals surface area contributed by atoms with Gasteiger partial charge in [0.15, 0.2) is 5.78 Å². The molecule has 0 unspecified atom stereocenters. The van der Waals surface area contributed by atoms with Crippen LogP contribution in [0.5, 0.6) is 17.2 Å². The van der Waals surface area contributed by atoms with E-state index in [9.17, 15) is 54.0 Å². The van der Waals surface area contributed by atoms with Crippen LogP contribution in [0.1, 0.15) is 178 Å². The molecule has 0 radical (unpaired) electrons. The van der Waals surface area contributed by atoms with E-state index in [2.05, 4.69) is 39.3 Å². The lowest BCUT2D eigenvalue weighted by Crippen LogP contribution is -2.33. The van der Waals surface area contributed by atoms with Gasteiger partial charge >= 0.3 is 5.97 Å². The monoisotopic (exact) mass is 1980 g/mol. The predicted octanol–water partition coefficient (Wildman–Crippen LogP) is 21.6. The number of hydrogen-bond donors (Lipinski definition) is 7. The molecule has 14 rings (SSSR count). The summed E-state index contributed by atoms with van der Waals surface area (Å²) in [5.74, 6) is -2.02. The van der Waals surface area contributed by atoms with Crippen molar-refractivity contribution in [2.45, 2.75) is 143 Å². The second-order valence-electron chi connectivity index (χ2n) is 32.0. The Morgan fingerprint density at radius 3 is 1.28 bits per heavy atom. The number of furan rings is 1. The molecular formula is C98H99Cl6N9O17S3. The Bertz CT molecular complexity index is 6900. The van der Waals surface area contributed by atoms with E-state index in [1.165, 1.54) is 0 Å². The van der Waals surface area contributed by atoms with E-state index in [0.29, 0.717) is 177 Å². The van der Waals surface area contributed by atoms with Gasteiger partial charge in [-0.05, 0) is 271 Å². The van der Waals surface area contributed by atoms with E-state index < -0.39 is 58.9 Å². The first-order valence-electron chi connectivity index (χ1n) is 42.8. The highest BCUT2D eigenvalue weighted by Crippen LogP contribution is 2.35. The Kier molecular flexibility index (Phi) is 34.6. The molecule has 8 aromatic carbocycles. The van der Waals surface area contributed by atoms with Crippen LogP contribution in [0, 0.1) is 41.5 Å². The molecule has 3 amide bonds. The van der Waals surface area contributed by atoms with E-state index >= 15 is 0 Å². The number of methoxy groups -OCH3 is 1. The molecule has 26 nitrogen and oxygen atoms in total. The Morgan fingerprint density at radius 2 is 0.850 bits per heavy atom. The number of ketones is 2. The average molecular weight is 1980 g/mol. The smallest absolute Gasteiger partial charge is 0.374 e. The normalized spacial score (nSPS) is 11.6. The summed E-state index contributed by atoms with van der Waals surface area (Å²) in [4.78, 5) is 85.8. The summed E-state index contributed by atoms with van der Waals surface area (Å²) in [5.41, 5.74) is 14.1. The average Bonchev–Trinajstić information content (AvgIpc) is 1.66. The third-order valence-electron chi connectivity index (χ3n) is 21.9. The number of carbonyl (C=O) groups is 6. The van der Waals surface area contributed by atoms with E-state index in [1.54, 1.807) is 48.5 Å². The number of aromatic amines is 4. The molecule has 0 saturated heterocycles. The molecule has 6 heterocycles. The molecule has 133 heavy (non-hydrogen) atoms. The number of H-pyrrole nitrogens is 4. The summed E-state index contributed by atoms with van der Waals surface area (Å²) < 4.78 is 113. The topological polar surface area (TPSA) is 372 Å². The van der Waals surface area contributed by atoms with Crippen molar-refractivity contribution >= 4 is 168 Å². The number of unbranched alkanes of at least 4 members (excludes halogenated alkanes) is 2. The third-order valence-corrected chi connectivity index (χ3v) is 28.2. The number of halogens is 6. The molecule has 0 aliphatic rings. The second kappa shape index (κ2) is 45.9. The number of carbonyl (C=O) groups excluding carboxylic acids is 6. The van der Waals surface area contributed by atoms with E-state index in [-0.39, 0.29) is 71.6 Å². The molecule has 0 fully saturated rings. The lowest BCUT2D eigenvalue weighted by Gasteiger charge is -2.11. The summed E-state index contributed by atoms with van der Waals surface area (Å²) in [6.45, 7) is 13.2. The largest absolute Gasteiger partial charge is 0.494 e. The van der Waals surface area contributed by atoms with E-state index in [1.807, 2.05) is 178 Å². The highest BCUT2D eigenvalue weighted by Gasteiger charge is 2.30. The van der Waals surface area contributed by atoms with Crippen LogP contribution in [0.15, 0.2) is 198 Å². The highest BCUT2D eigenvalue weighted by atomic mass is 35.5. The van der Waals surface area contributed by atoms with Gasteiger partial charge in [-0.2, -0.15) is 13.5 Å². The molecule has 0 bridgehead atoms. The maximum atomic E-state index is 13.3. The fourth-order valence-electron chi connectivity index (χ4n) is 15.3. The van der Waals surface area contributed by atoms with Gasteiger partial charge in [0, 0.05) is 106 Å². The first-order valence-corrected chi connectivity index (χ1v) is 49.8. The minimum atomic E-state index is -4.42. The molecule has 7 N–H and O–H groups in total. The zero-order valence-corrected chi connectivity index (χ0v) is 80.9. The molecule has 0 atom stereocenters. The fourth-order valence-corrected chi connectivity index (χ4v) is 19.1. The standard InChI is InChI=1S/C36H38Cl2N4O5S.C36H37Cl2N3O5S.C26H24Cl2N2O7S/c1-23-19-29(20-24(2)34(23)38)47-17-8-12-31-30-16-13-26(37)21-33(30)39-35(31)36(44)42-48(45,46)18-7-6-11-28(43)15-14-27-22-32(41-40-27)25-9-4-3-5-10-25;1-24-20-28(21-25(2)34(24)38)46-18-9-12-30-29-16-15-27(37)22-31(29)39-35(30)36(43)40-47(44,45)19-7-6-14-33(42)32-13-8-17-41(32)23-26-10-4-3-5-11-26;1-14-11-17(12-15(2)23(14)28)36-10-4-5-19-18-7-6-16(27)13-20(18)29-24(19)25(31)30-38(33,34)22-9-8-21(37-22)26(32)35-3/h3-5,9-10,13,16,19-22,39H,6-8,11-12,14-15,17-18H2,1-2H3,(H,40,41)(H,42,44);3-5,8,10-11,13,15-17,20-22,39H,6-7,9,12,14,18-19,23H2,1-2H3,(H,40,43);6-9,11-13,29H,4-5,10H2,1-3H3,(H,30,31). The highest BCUT2D eigenvalue weighted by molar-refractivity contribution is 7.90. The zero-order valence-electron chi connectivity index (χ0n) is 73.9. The third kappa shape index (κ3) is 27.3. The number of sulfonamides is 3. The van der Waals surface area contributed by atoms with Crippen LogP contribution in [0.2, 0.25) is 30.1 Å². The lowest BCUT2D eigenvalue weighted by atomic mass is 10.1. The first kappa shape index (κ1) is 100. The van der Waals surface area contributed by atoms with Crippen molar-refractivity contribution in [3.8, 4) is 28.5 Å². The summed E-state index contributed by atoms with van der Waals surface area (Å²) in [6, 6.07) is 54.2. The summed E-state index contributed by atoms with van der Waals surface area (Å²) in [6.07, 6.45) is 7.42. The van der Waals surface area contributed by atoms with Gasteiger partial charge in [0.05, 0.1) is 49.8 Å². The van der Waals surface area contributed by atoms with Crippen LogP contribution in [-0.4, -0.2) is 129 Å². The lowest BCUT2D eigenvalue weighted by molar-refractivity contribution is -0.119. The van der Waals surface area contributed by atoms with Crippen LogP contribution in [0.3, 0.4) is 0 Å². The minimum Gasteiger partial charge on any atom is -0.494 e. The number of aryl methyl sites for hydroxylation is 10. The van der Waals surface area contributed by atoms with Gasteiger partial charge in [0.2, 0.25) is 30.9 Å². The Labute approximate surface area is 801 Å². The Morgan fingerprint density at radius 1 is 0.436 bits per heavy atom. The molecule has 14 aromatic rings. The van der Waals surface area contributed by atoms with Crippen LogP contribution in [-0.2, 0) is 71.8 Å². The molecule has 6 aromatic heterocycles. The van der Waals surface area contributed by atoms with Crippen molar-refractivity contribution < 1.29 is 77.4 Å². The van der Waals surface area contributed by atoms with Gasteiger partial charge in [-0.1, -0.05) is 148 Å². The van der Waals surface area contributed by atoms with Crippen molar-refractivity contribution in [3.05, 3.63) is 308 Å². The van der Waals surface area contributed by atoms with Gasteiger partial charge in [0.25, 0.3) is 27.7 Å². The summed E-state index contributed by atoms with van der Waals surface area (Å²) in [5, 5.41) is 12.5. The number of nitrogens with zero attached hydrogens (tertiary/aromatic N) is 2. The molecule has 0 saturated carbocycles. The molecular weight excluding hydrogens is 1880 g/mol. The number of benzene rings is 8. The number of hydrogen-bond acceptors (Lipinski definition) is 18. The fraction of sp³-hybridized carbons (Fsp3) is 0.276. The summed E-state index contributed by atoms with van der Waals surface area (Å²) >= 11 is 37.3. The second-order valence-corrected chi connectivity index (χ2v) is 39.8. The molecule has 35 heteroatoms. The molecule has 698 valence electrons. The van der Waals surface area contributed by atoms with Gasteiger partial charge in [-0.25, -0.2) is 35.8 Å². The van der Waals surface area contributed by atoms with Crippen molar-refractivity contribution in [2.75, 3.05) is 38.4 Å². The maximum Gasteiger partial charge on any atom is 0.374 e. The van der Waals surface area contributed by atoms with E-state index in [0.717, 1.165) is 91.3 Å². The molecule has 0 aliphatic heterocycles. The van der Waals surface area contributed by atoms with Crippen LogP contribution in [0.4, 0.5) is 0 Å². The van der Waals surface area contributed by atoms with Crippen LogP contribution in [0.25, 0.3) is 44.0 Å². The summed E-state index contributed by atoms with van der Waals surface area (Å²) in [7, 11) is -11.2. The number of ether oxygens (including phenoxy) is 4. The van der Waals surface area contributed by atoms with Crippen LogP contribution >= 0.6 is 69.6 Å². The molecule has 0 spiro atoms. The van der Waals surface area contributed by atoms with Gasteiger partial charge in [0.1, 0.15) is 40.1 Å². The number of Topliss-reactive ketones (excluding diaryl/α,β-unsaturated/α-hetero) is 2. The number of rotatable bonds is 40. The number of aromatic nitrogens is 6. The zero-order chi connectivity index (χ0) is 95.4. The van der Waals surface area contributed by atoms with Gasteiger partial charge < -0.3 is 42.9 Å². The van der Waals surface area contributed by atoms with Crippen molar-refractivity contribution in [1.29, 1.82) is 0 Å². The van der Waals surface area contributed by atoms with Crippen LogP contribution < -0.4 is 28.4 Å². The van der Waals surface area contributed by atoms with Crippen molar-refractivity contribution in [2.24, 2.45) is 0 Å². The quantitative estimate of drug-likeness (QED) is 0.0107. The number of nitrogens with one attached hydrogen (secondary N) is 7. The van der Waals surface area contributed by atoms with Gasteiger partial charge in [-0.3, -0.25) is 29.1 Å². The number of esters is 1. The van der Waals surface area contributed by atoms with Crippen molar-refractivity contribution in [1.82, 2.24) is 43.9 Å². The number of fused-ring (bicyclic) bond motifs is 3. The maximum absolute atomic E-state index is 13.3. The van der Waals surface area contributed by atoms with E-state index in [4.69, 9.17) is 88.2 Å². The SMILES string of the molecule is COC(=O)c1ccc(S(=O)(=O)NC(=O)c2[nH]c3cc(Cl)ccc3c2CCCOc2cc(C)c(Cl)c(C)c2)o1.Cc1cc(OCCCc2c(C(=O)NS(=O)(=O)CCCCC(=O)CCc3cc(-c4ccccc4)n[nH]3)[nH]c3cc(Cl)ccc23)cc(C)c1Cl.Cc1cc(OCCCc2c(C(=O)NS(=O)(=O)CCCCC(=O)c3cccn3Cc3ccccc3)[nH]c3cc(Cl)ccc23)cc(C)c1Cl. The molecule has 0 aliphatic carbocycles. The Balaban J connectivity index is 0.000000181. The predicted molar refractivity (Wildman–Crippen MR) is 521 cm³/mol. The minimum absolute atomic E-state index is 0.0407. The van der Waals surface area contributed by atoms with Gasteiger partial charge in [-0.15, -0.1) is 0 Å². The number of amides is 3. The Hall–Kier alpha value is -11.6. The first-order chi connectivity index (χ1) is 63.5. The van der Waals surface area contributed by atoms with Crippen molar-refractivity contribution in [3.63, 3.8) is 0 Å².